The van der Waals surface area contributed by atoms with Crippen molar-refractivity contribution >= 4 is 39.1 Å². The van der Waals surface area contributed by atoms with Crippen LogP contribution in [0.5, 0.6) is 0 Å². The minimum atomic E-state index is -0.0609. The Labute approximate surface area is 137 Å². The van der Waals surface area contributed by atoms with Crippen LogP contribution in [0.25, 0.3) is 0 Å². The number of benzene rings is 1. The summed E-state index contributed by atoms with van der Waals surface area (Å²) in [5, 5.41) is 4.83. The predicted octanol–water partition coefficient (Wildman–Crippen LogP) is 5.24. The third-order valence-corrected chi connectivity index (χ3v) is 3.96. The van der Waals surface area contributed by atoms with Crippen molar-refractivity contribution in [2.45, 2.75) is 19.4 Å². The first-order valence-electron chi connectivity index (χ1n) is 6.41. The summed E-state index contributed by atoms with van der Waals surface area (Å²) in [5.74, 6) is 0. The first kappa shape index (κ1) is 15.8. The molecule has 0 aliphatic heterocycles. The monoisotopic (exact) mass is 372 g/mol. The van der Waals surface area contributed by atoms with Crippen molar-refractivity contribution in [3.8, 4) is 0 Å². The first-order valence-corrected chi connectivity index (χ1v) is 7.96. The van der Waals surface area contributed by atoms with E-state index in [0.29, 0.717) is 10.0 Å². The molecule has 1 aromatic carbocycles. The van der Waals surface area contributed by atoms with Gasteiger partial charge in [-0.1, -0.05) is 30.1 Å². The molecule has 0 bridgehead atoms. The highest BCUT2D eigenvalue weighted by Crippen LogP contribution is 2.30. The van der Waals surface area contributed by atoms with E-state index in [1.165, 1.54) is 0 Å². The smallest absolute Gasteiger partial charge is 0.0766 e. The van der Waals surface area contributed by atoms with Gasteiger partial charge in [0.2, 0.25) is 0 Å². The molecule has 0 saturated carbocycles. The lowest BCUT2D eigenvalue weighted by Crippen LogP contribution is -2.24. The summed E-state index contributed by atoms with van der Waals surface area (Å²) in [4.78, 5) is 4.47. The van der Waals surface area contributed by atoms with Crippen molar-refractivity contribution in [1.29, 1.82) is 0 Å². The predicted molar refractivity (Wildman–Crippen MR) is 88.5 cm³/mol. The maximum Gasteiger partial charge on any atom is 0.0766 e. The molecule has 0 fully saturated rings. The van der Waals surface area contributed by atoms with Gasteiger partial charge in [0.1, 0.15) is 0 Å². The zero-order valence-corrected chi connectivity index (χ0v) is 14.1. The van der Waals surface area contributed by atoms with E-state index in [0.717, 1.165) is 28.7 Å². The van der Waals surface area contributed by atoms with Gasteiger partial charge in [-0.15, -0.1) is 0 Å². The van der Waals surface area contributed by atoms with Gasteiger partial charge in [0.15, 0.2) is 0 Å². The molecule has 20 heavy (non-hydrogen) atoms. The number of halogens is 3. The molecule has 0 radical (unpaired) electrons. The number of nitrogens with zero attached hydrogens (tertiary/aromatic N) is 1. The Balaban J connectivity index is 2.41. The Bertz CT molecular complexity index is 573. The molecular formula is C15H15BrCl2N2. The molecule has 0 aliphatic rings. The van der Waals surface area contributed by atoms with E-state index < -0.39 is 0 Å². The Morgan fingerprint density at radius 2 is 2.05 bits per heavy atom. The van der Waals surface area contributed by atoms with Crippen LogP contribution in [0, 0.1) is 0 Å². The highest BCUT2D eigenvalue weighted by atomic mass is 79.9. The zero-order chi connectivity index (χ0) is 14.5. The van der Waals surface area contributed by atoms with Gasteiger partial charge in [-0.2, -0.15) is 0 Å². The van der Waals surface area contributed by atoms with Crippen LogP contribution in [0.4, 0.5) is 0 Å². The van der Waals surface area contributed by atoms with Gasteiger partial charge in [-0.25, -0.2) is 0 Å². The van der Waals surface area contributed by atoms with Crippen molar-refractivity contribution < 1.29 is 0 Å². The van der Waals surface area contributed by atoms with Gasteiger partial charge in [0.05, 0.1) is 11.7 Å². The summed E-state index contributed by atoms with van der Waals surface area (Å²) in [7, 11) is 0. The molecule has 0 aliphatic carbocycles. The van der Waals surface area contributed by atoms with Crippen molar-refractivity contribution in [2.24, 2.45) is 0 Å². The van der Waals surface area contributed by atoms with Crippen LogP contribution in [0.1, 0.15) is 30.6 Å². The number of nitrogens with one attached hydrogen (secondary N) is 1. The SMILES string of the molecule is CCCNC(c1ccc(Br)cn1)c1cc(Cl)ccc1Cl. The van der Waals surface area contributed by atoms with E-state index in [1.807, 2.05) is 24.3 Å². The lowest BCUT2D eigenvalue weighted by atomic mass is 10.0. The molecule has 0 amide bonds. The highest BCUT2D eigenvalue weighted by Gasteiger charge is 2.18. The molecule has 2 aromatic rings. The molecule has 1 aromatic heterocycles. The number of hydrogen-bond donors (Lipinski definition) is 1. The zero-order valence-electron chi connectivity index (χ0n) is 11.0. The molecule has 1 unspecified atom stereocenters. The van der Waals surface area contributed by atoms with Crippen LogP contribution < -0.4 is 5.32 Å². The number of pyridine rings is 1. The van der Waals surface area contributed by atoms with Gasteiger partial charge in [-0.3, -0.25) is 4.98 Å². The van der Waals surface area contributed by atoms with Crippen LogP contribution in [0.3, 0.4) is 0 Å². The van der Waals surface area contributed by atoms with Crippen molar-refractivity contribution in [2.75, 3.05) is 6.54 Å². The first-order chi connectivity index (χ1) is 9.61. The second-order valence-corrected chi connectivity index (χ2v) is 6.21. The topological polar surface area (TPSA) is 24.9 Å². The van der Waals surface area contributed by atoms with E-state index >= 15 is 0 Å². The molecule has 106 valence electrons. The fourth-order valence-corrected chi connectivity index (χ4v) is 2.60. The molecule has 2 nitrogen and oxygen atoms in total. The summed E-state index contributed by atoms with van der Waals surface area (Å²) in [5.41, 5.74) is 1.87. The molecule has 5 heteroatoms. The lowest BCUT2D eigenvalue weighted by molar-refractivity contribution is 0.586. The van der Waals surface area contributed by atoms with Gasteiger partial charge in [0.25, 0.3) is 0 Å². The van der Waals surface area contributed by atoms with Crippen molar-refractivity contribution in [1.82, 2.24) is 10.3 Å². The van der Waals surface area contributed by atoms with Gasteiger partial charge in [0, 0.05) is 20.7 Å². The summed E-state index contributed by atoms with van der Waals surface area (Å²) >= 11 is 15.8. The maximum absolute atomic E-state index is 6.32. The molecule has 1 atom stereocenters. The van der Waals surface area contributed by atoms with Gasteiger partial charge >= 0.3 is 0 Å². The fourth-order valence-electron chi connectivity index (χ4n) is 1.96. The molecule has 1 heterocycles. The molecule has 0 spiro atoms. The minimum absolute atomic E-state index is 0.0609. The lowest BCUT2D eigenvalue weighted by Gasteiger charge is -2.20. The van der Waals surface area contributed by atoms with E-state index in [4.69, 9.17) is 23.2 Å². The Hall–Kier alpha value is -0.610. The van der Waals surface area contributed by atoms with Crippen LogP contribution in [0.15, 0.2) is 41.0 Å². The molecule has 2 rings (SSSR count). The fraction of sp³-hybridized carbons (Fsp3) is 0.267. The molecular weight excluding hydrogens is 359 g/mol. The van der Waals surface area contributed by atoms with Crippen LogP contribution in [0.2, 0.25) is 10.0 Å². The number of aromatic nitrogens is 1. The molecule has 0 saturated heterocycles. The van der Waals surface area contributed by atoms with Crippen LogP contribution in [-0.2, 0) is 0 Å². The van der Waals surface area contributed by atoms with Crippen molar-refractivity contribution in [3.05, 3.63) is 62.3 Å². The second-order valence-electron chi connectivity index (χ2n) is 4.45. The third kappa shape index (κ3) is 3.95. The van der Waals surface area contributed by atoms with E-state index in [9.17, 15) is 0 Å². The summed E-state index contributed by atoms with van der Waals surface area (Å²) in [6.45, 7) is 3.00. The highest BCUT2D eigenvalue weighted by molar-refractivity contribution is 9.10. The quantitative estimate of drug-likeness (QED) is 0.775. The van der Waals surface area contributed by atoms with E-state index in [-0.39, 0.29) is 6.04 Å². The van der Waals surface area contributed by atoms with Gasteiger partial charge < -0.3 is 5.32 Å². The molecule has 1 N–H and O–H groups in total. The Morgan fingerprint density at radius 3 is 2.70 bits per heavy atom. The van der Waals surface area contributed by atoms with E-state index in [1.54, 1.807) is 12.3 Å². The largest absolute Gasteiger partial charge is 0.305 e. The number of rotatable bonds is 5. The second kappa shape index (κ2) is 7.41. The summed E-state index contributed by atoms with van der Waals surface area (Å²) < 4.78 is 0.952. The third-order valence-electron chi connectivity index (χ3n) is 2.91. The van der Waals surface area contributed by atoms with Crippen LogP contribution in [-0.4, -0.2) is 11.5 Å². The van der Waals surface area contributed by atoms with Crippen molar-refractivity contribution in [3.63, 3.8) is 0 Å². The normalized spacial score (nSPS) is 12.4. The standard InChI is InChI=1S/C15H15BrCl2N2/c1-2-7-19-15(14-6-3-10(16)9-20-14)12-8-11(17)4-5-13(12)18/h3-6,8-9,15,19H,2,7H2,1H3. The Morgan fingerprint density at radius 1 is 1.25 bits per heavy atom. The minimum Gasteiger partial charge on any atom is -0.305 e. The van der Waals surface area contributed by atoms with E-state index in [2.05, 4.69) is 33.2 Å². The average molecular weight is 374 g/mol. The van der Waals surface area contributed by atoms with Crippen LogP contribution >= 0.6 is 39.1 Å². The number of hydrogen-bond acceptors (Lipinski definition) is 2. The summed E-state index contributed by atoms with van der Waals surface area (Å²) in [6.07, 6.45) is 2.82. The maximum atomic E-state index is 6.32. The Kier molecular flexibility index (Phi) is 5.85. The summed E-state index contributed by atoms with van der Waals surface area (Å²) in [6, 6.07) is 9.39. The average Bonchev–Trinajstić information content (AvgIpc) is 2.44. The van der Waals surface area contributed by atoms with Gasteiger partial charge in [-0.05, 0) is 64.8 Å².